The first-order chi connectivity index (χ1) is 17.1. The summed E-state index contributed by atoms with van der Waals surface area (Å²) < 4.78 is 7.73. The maximum absolute atomic E-state index is 13.6. The van der Waals surface area contributed by atoms with Crippen LogP contribution in [-0.2, 0) is 22.5 Å². The first-order valence-electron chi connectivity index (χ1n) is 11.8. The quantitative estimate of drug-likeness (QED) is 0.397. The molecule has 2 aromatic heterocycles. The van der Waals surface area contributed by atoms with Crippen molar-refractivity contribution in [1.29, 1.82) is 0 Å². The minimum absolute atomic E-state index is 0.00814. The van der Waals surface area contributed by atoms with Crippen LogP contribution in [0, 0.1) is 0 Å². The van der Waals surface area contributed by atoms with Gasteiger partial charge in [-0.15, -0.1) is 0 Å². The molecular formula is C26H24N4O3S2. The van der Waals surface area contributed by atoms with E-state index in [0.717, 1.165) is 32.4 Å². The number of carbonyl (C=O) groups excluding carboxylic acids is 1. The third-order valence-electron chi connectivity index (χ3n) is 6.74. The van der Waals surface area contributed by atoms with Crippen LogP contribution in [0.4, 0.5) is 5.82 Å². The number of aromatic nitrogens is 2. The molecule has 3 aromatic rings. The normalized spacial score (nSPS) is 21.4. The zero-order valence-electron chi connectivity index (χ0n) is 19.1. The summed E-state index contributed by atoms with van der Waals surface area (Å²) in [6, 6.07) is 13.9. The Balaban J connectivity index is 1.41. The standard InChI is InChI=1S/C26H24N4O3S2/c31-24-20(14-21-25(32)30(26(34)35-21)16-19-8-5-13-33-19)23(27-22-9-3-4-11-29(22)24)28-12-10-17-6-1-2-7-18(17)15-28/h1-4,6-7,9,11,14,19H,5,8,10,12-13,15-16H2. The zero-order valence-corrected chi connectivity index (χ0v) is 20.7. The molecule has 3 aliphatic heterocycles. The molecule has 0 bridgehead atoms. The van der Waals surface area contributed by atoms with Crippen LogP contribution in [0.5, 0.6) is 0 Å². The number of anilines is 1. The molecule has 9 heteroatoms. The van der Waals surface area contributed by atoms with E-state index in [1.807, 2.05) is 18.2 Å². The minimum Gasteiger partial charge on any atom is -0.376 e. The number of amides is 1. The third-order valence-corrected chi connectivity index (χ3v) is 8.12. The summed E-state index contributed by atoms with van der Waals surface area (Å²) >= 11 is 6.76. The number of pyridine rings is 1. The van der Waals surface area contributed by atoms with E-state index in [2.05, 4.69) is 23.1 Å². The van der Waals surface area contributed by atoms with Gasteiger partial charge in [0.2, 0.25) is 0 Å². The lowest BCUT2D eigenvalue weighted by Crippen LogP contribution is -2.35. The average Bonchev–Trinajstić information content (AvgIpc) is 3.49. The fourth-order valence-electron chi connectivity index (χ4n) is 4.92. The fourth-order valence-corrected chi connectivity index (χ4v) is 6.17. The molecule has 178 valence electrons. The van der Waals surface area contributed by atoms with Crippen LogP contribution in [0.15, 0.2) is 58.4 Å². The highest BCUT2D eigenvalue weighted by molar-refractivity contribution is 8.26. The molecule has 5 heterocycles. The van der Waals surface area contributed by atoms with Crippen molar-refractivity contribution in [3.05, 3.63) is 80.6 Å². The Labute approximate surface area is 212 Å². The van der Waals surface area contributed by atoms with Gasteiger partial charge in [0.25, 0.3) is 11.5 Å². The molecule has 1 aromatic carbocycles. The Morgan fingerprint density at radius 1 is 1.14 bits per heavy atom. The molecule has 3 aliphatic rings. The lowest BCUT2D eigenvalue weighted by molar-refractivity contribution is -0.123. The fraction of sp³-hybridized carbons (Fsp3) is 0.308. The summed E-state index contributed by atoms with van der Waals surface area (Å²) in [5.41, 5.74) is 3.33. The molecule has 6 rings (SSSR count). The molecule has 1 unspecified atom stereocenters. The Morgan fingerprint density at radius 2 is 1.97 bits per heavy atom. The SMILES string of the molecule is O=C1C(=Cc2c(N3CCc4ccccc4C3)nc3ccccn3c2=O)SC(=S)N1CC1CCCO1. The number of carbonyl (C=O) groups is 1. The van der Waals surface area contributed by atoms with Crippen molar-refractivity contribution in [3.63, 3.8) is 0 Å². The summed E-state index contributed by atoms with van der Waals surface area (Å²) in [6.45, 7) is 2.57. The third kappa shape index (κ3) is 4.17. The monoisotopic (exact) mass is 504 g/mol. The highest BCUT2D eigenvalue weighted by Crippen LogP contribution is 2.35. The van der Waals surface area contributed by atoms with E-state index >= 15 is 0 Å². The second kappa shape index (κ2) is 9.22. The van der Waals surface area contributed by atoms with Crippen LogP contribution in [-0.4, -0.2) is 50.3 Å². The second-order valence-corrected chi connectivity index (χ2v) is 10.6. The van der Waals surface area contributed by atoms with Gasteiger partial charge in [-0.3, -0.25) is 18.9 Å². The topological polar surface area (TPSA) is 67.2 Å². The maximum atomic E-state index is 13.6. The van der Waals surface area contributed by atoms with Gasteiger partial charge in [-0.1, -0.05) is 54.3 Å². The van der Waals surface area contributed by atoms with Crippen LogP contribution in [0.25, 0.3) is 11.7 Å². The van der Waals surface area contributed by atoms with E-state index in [0.29, 0.717) is 39.3 Å². The van der Waals surface area contributed by atoms with Gasteiger partial charge in [-0.2, -0.15) is 0 Å². The molecule has 0 saturated carbocycles. The first-order valence-corrected chi connectivity index (χ1v) is 13.0. The Morgan fingerprint density at radius 3 is 2.80 bits per heavy atom. The molecule has 7 nitrogen and oxygen atoms in total. The lowest BCUT2D eigenvalue weighted by Gasteiger charge is -2.30. The van der Waals surface area contributed by atoms with Crippen molar-refractivity contribution in [2.75, 3.05) is 24.6 Å². The largest absolute Gasteiger partial charge is 0.376 e. The van der Waals surface area contributed by atoms with Gasteiger partial charge in [-0.25, -0.2) is 4.98 Å². The van der Waals surface area contributed by atoms with Gasteiger partial charge in [0, 0.05) is 25.9 Å². The van der Waals surface area contributed by atoms with Gasteiger partial charge >= 0.3 is 0 Å². The molecule has 0 aliphatic carbocycles. The van der Waals surface area contributed by atoms with E-state index in [1.165, 1.54) is 27.3 Å². The molecule has 0 radical (unpaired) electrons. The van der Waals surface area contributed by atoms with Crippen LogP contribution in [0.1, 0.15) is 29.5 Å². The number of benzene rings is 1. The Hall–Kier alpha value is -3.01. The number of thioether (sulfide) groups is 1. The molecule has 1 amide bonds. The van der Waals surface area contributed by atoms with E-state index < -0.39 is 0 Å². The Kier molecular flexibility index (Phi) is 5.91. The number of ether oxygens (including phenoxy) is 1. The van der Waals surface area contributed by atoms with Gasteiger partial charge in [0.1, 0.15) is 15.8 Å². The highest BCUT2D eigenvalue weighted by Gasteiger charge is 2.35. The van der Waals surface area contributed by atoms with Gasteiger partial charge in [0.15, 0.2) is 0 Å². The summed E-state index contributed by atoms with van der Waals surface area (Å²) in [7, 11) is 0. The van der Waals surface area contributed by atoms with Crippen molar-refractivity contribution in [2.24, 2.45) is 0 Å². The van der Waals surface area contributed by atoms with E-state index in [-0.39, 0.29) is 17.6 Å². The molecule has 0 spiro atoms. The number of fused-ring (bicyclic) bond motifs is 2. The maximum Gasteiger partial charge on any atom is 0.267 e. The van der Waals surface area contributed by atoms with Gasteiger partial charge in [-0.05, 0) is 48.6 Å². The number of hydrogen-bond donors (Lipinski definition) is 0. The van der Waals surface area contributed by atoms with Crippen molar-refractivity contribution in [3.8, 4) is 0 Å². The van der Waals surface area contributed by atoms with Crippen molar-refractivity contribution < 1.29 is 9.53 Å². The second-order valence-electron chi connectivity index (χ2n) is 8.95. The summed E-state index contributed by atoms with van der Waals surface area (Å²) in [4.78, 5) is 36.0. The lowest BCUT2D eigenvalue weighted by atomic mass is 9.99. The van der Waals surface area contributed by atoms with Gasteiger partial charge < -0.3 is 9.64 Å². The number of thiocarbonyl (C=S) groups is 1. The average molecular weight is 505 g/mol. The number of nitrogens with zero attached hydrogens (tertiary/aromatic N) is 4. The van der Waals surface area contributed by atoms with Crippen LogP contribution >= 0.6 is 24.0 Å². The highest BCUT2D eigenvalue weighted by atomic mass is 32.2. The molecule has 2 fully saturated rings. The smallest absolute Gasteiger partial charge is 0.267 e. The number of hydrogen-bond acceptors (Lipinski definition) is 7. The predicted molar refractivity (Wildman–Crippen MR) is 142 cm³/mol. The summed E-state index contributed by atoms with van der Waals surface area (Å²) in [5, 5.41) is 0. The van der Waals surface area contributed by atoms with Crippen LogP contribution in [0.2, 0.25) is 0 Å². The Bertz CT molecular complexity index is 1430. The van der Waals surface area contributed by atoms with Crippen LogP contribution in [0.3, 0.4) is 0 Å². The number of rotatable bonds is 4. The van der Waals surface area contributed by atoms with Crippen LogP contribution < -0.4 is 10.5 Å². The molecule has 2 saturated heterocycles. The van der Waals surface area contributed by atoms with Crippen molar-refractivity contribution >= 4 is 51.7 Å². The van der Waals surface area contributed by atoms with Crippen molar-refractivity contribution in [1.82, 2.24) is 14.3 Å². The van der Waals surface area contributed by atoms with Gasteiger partial charge in [0.05, 0.1) is 23.1 Å². The van der Waals surface area contributed by atoms with Crippen molar-refractivity contribution in [2.45, 2.75) is 31.9 Å². The van der Waals surface area contributed by atoms with E-state index in [4.69, 9.17) is 21.9 Å². The zero-order chi connectivity index (χ0) is 23.9. The van der Waals surface area contributed by atoms with E-state index in [1.54, 1.807) is 23.2 Å². The summed E-state index contributed by atoms with van der Waals surface area (Å²) in [5.74, 6) is 0.420. The first kappa shape index (κ1) is 22.5. The predicted octanol–water partition coefficient (Wildman–Crippen LogP) is 3.64. The molecular weight excluding hydrogens is 480 g/mol. The minimum atomic E-state index is -0.200. The summed E-state index contributed by atoms with van der Waals surface area (Å²) in [6.07, 6.45) is 6.19. The molecule has 35 heavy (non-hydrogen) atoms. The molecule has 1 atom stereocenters. The van der Waals surface area contributed by atoms with E-state index in [9.17, 15) is 9.59 Å². The molecule has 0 N–H and O–H groups in total.